The van der Waals surface area contributed by atoms with E-state index in [0.717, 1.165) is 11.0 Å². The highest BCUT2D eigenvalue weighted by Gasteiger charge is 2.55. The summed E-state index contributed by atoms with van der Waals surface area (Å²) in [5.41, 5.74) is -0.780. The second-order valence-corrected chi connectivity index (χ2v) is 11.7. The second kappa shape index (κ2) is 10.6. The molecule has 3 aliphatic heterocycles. The van der Waals surface area contributed by atoms with E-state index in [-0.39, 0.29) is 47.7 Å². The van der Waals surface area contributed by atoms with Gasteiger partial charge in [-0.15, -0.1) is 0 Å². The van der Waals surface area contributed by atoms with Crippen molar-refractivity contribution in [2.45, 2.75) is 35.8 Å². The quantitative estimate of drug-likeness (QED) is 0.423. The minimum Gasteiger partial charge on any atom is -0.438 e. The van der Waals surface area contributed by atoms with Crippen LogP contribution in [0.2, 0.25) is 5.15 Å². The molecule has 2 aromatic rings. The van der Waals surface area contributed by atoms with Gasteiger partial charge in [-0.1, -0.05) is 11.6 Å². The molecular formula is C23H24ClF3N4O8S. The average molecular weight is 609 g/mol. The fourth-order valence-corrected chi connectivity index (χ4v) is 6.49. The molecule has 0 spiro atoms. The van der Waals surface area contributed by atoms with E-state index in [1.54, 1.807) is 0 Å². The molecule has 0 bridgehead atoms. The number of ether oxygens (including phenoxy) is 2. The molecule has 1 aromatic heterocycles. The molecule has 218 valence electrons. The number of sulfonamides is 1. The lowest BCUT2D eigenvalue weighted by molar-refractivity contribution is -0.254. The van der Waals surface area contributed by atoms with Gasteiger partial charge in [-0.3, -0.25) is 0 Å². The predicted molar refractivity (Wildman–Crippen MR) is 132 cm³/mol. The normalized spacial score (nSPS) is 28.0. The van der Waals surface area contributed by atoms with Gasteiger partial charge in [0.1, 0.15) is 17.1 Å². The number of hydrogen-bond acceptors (Lipinski definition) is 10. The van der Waals surface area contributed by atoms with Crippen molar-refractivity contribution >= 4 is 39.2 Å². The second-order valence-electron chi connectivity index (χ2n) is 9.39. The molecule has 0 radical (unpaired) electrons. The van der Waals surface area contributed by atoms with Crippen LogP contribution in [0, 0.1) is 5.92 Å². The maximum absolute atomic E-state index is 13.3. The maximum atomic E-state index is 13.3. The Morgan fingerprint density at radius 1 is 1.07 bits per heavy atom. The summed E-state index contributed by atoms with van der Waals surface area (Å²) in [7, 11) is -4.01. The van der Waals surface area contributed by atoms with Gasteiger partial charge in [0.25, 0.3) is 0 Å². The molecule has 4 heterocycles. The molecule has 0 unspecified atom stereocenters. The number of pyridine rings is 1. The van der Waals surface area contributed by atoms with Crippen LogP contribution in [0.5, 0.6) is 0 Å². The van der Waals surface area contributed by atoms with Crippen molar-refractivity contribution in [1.29, 1.82) is 0 Å². The minimum atomic E-state index is -4.62. The van der Waals surface area contributed by atoms with Crippen LogP contribution in [0.3, 0.4) is 0 Å². The van der Waals surface area contributed by atoms with Crippen LogP contribution in [0.4, 0.5) is 29.5 Å². The van der Waals surface area contributed by atoms with E-state index in [2.05, 4.69) is 4.98 Å². The van der Waals surface area contributed by atoms with Gasteiger partial charge >= 0.3 is 12.3 Å². The first kappa shape index (κ1) is 28.8. The molecule has 5 rings (SSSR count). The highest BCUT2D eigenvalue weighted by molar-refractivity contribution is 7.89. The molecule has 5 atom stereocenters. The summed E-state index contributed by atoms with van der Waals surface area (Å²) in [5, 5.41) is 29.5. The van der Waals surface area contributed by atoms with Gasteiger partial charge in [0.2, 0.25) is 10.0 Å². The van der Waals surface area contributed by atoms with Crippen LogP contribution in [0.15, 0.2) is 41.3 Å². The Morgan fingerprint density at radius 2 is 1.73 bits per heavy atom. The largest absolute Gasteiger partial charge is 0.438 e. The van der Waals surface area contributed by atoms with Crippen molar-refractivity contribution in [3.05, 3.63) is 47.1 Å². The Labute approximate surface area is 231 Å². The zero-order chi connectivity index (χ0) is 29.0. The number of carbonyl (C=O) groups excluding carboxylic acids is 1. The van der Waals surface area contributed by atoms with Gasteiger partial charge < -0.3 is 29.7 Å². The molecule has 3 fully saturated rings. The van der Waals surface area contributed by atoms with Gasteiger partial charge in [-0.05, 0) is 36.4 Å². The molecule has 1 amide bonds. The Morgan fingerprint density at radius 3 is 2.33 bits per heavy atom. The lowest BCUT2D eigenvalue weighted by Gasteiger charge is -2.39. The van der Waals surface area contributed by atoms with Crippen molar-refractivity contribution in [1.82, 2.24) is 9.29 Å². The van der Waals surface area contributed by atoms with Gasteiger partial charge in [0.05, 0.1) is 23.0 Å². The van der Waals surface area contributed by atoms with E-state index in [9.17, 15) is 41.7 Å². The number of halogens is 4. The smallest absolute Gasteiger partial charge is 0.417 e. The zero-order valence-corrected chi connectivity index (χ0v) is 22.1. The van der Waals surface area contributed by atoms with Crippen LogP contribution in [0.25, 0.3) is 0 Å². The fraction of sp³-hybridized carbons (Fsp3) is 0.478. The summed E-state index contributed by atoms with van der Waals surface area (Å²) in [6, 6.07) is 6.77. The first-order valence-electron chi connectivity index (χ1n) is 12.0. The van der Waals surface area contributed by atoms with E-state index in [1.807, 2.05) is 0 Å². The van der Waals surface area contributed by atoms with Crippen LogP contribution in [0.1, 0.15) is 5.56 Å². The SMILES string of the molecule is O=C1O[C@@H]2[C@@H](O)[C@H](CO)[C@@H](O)O[C@@H]2N1c1ccc(S(=O)(=O)N2CCN(c3cc(C(F)(F)F)cc(Cl)n3)CC2)cc1. The third kappa shape index (κ3) is 5.20. The Hall–Kier alpha value is -2.73. The molecule has 3 saturated heterocycles. The summed E-state index contributed by atoms with van der Waals surface area (Å²) in [5.74, 6) is -1.09. The predicted octanol–water partition coefficient (Wildman–Crippen LogP) is 1.23. The molecule has 12 nitrogen and oxygen atoms in total. The van der Waals surface area contributed by atoms with Crippen LogP contribution in [-0.2, 0) is 25.7 Å². The number of amides is 1. The summed E-state index contributed by atoms with van der Waals surface area (Å²) < 4.78 is 77.7. The number of nitrogens with zero attached hydrogens (tertiary/aromatic N) is 4. The average Bonchev–Trinajstić information content (AvgIpc) is 3.24. The van der Waals surface area contributed by atoms with Crippen molar-refractivity contribution in [3.8, 4) is 0 Å². The van der Waals surface area contributed by atoms with Crippen molar-refractivity contribution in [2.75, 3.05) is 42.6 Å². The van der Waals surface area contributed by atoms with E-state index in [4.69, 9.17) is 21.1 Å². The molecular weight excluding hydrogens is 585 g/mol. The number of hydrogen-bond donors (Lipinski definition) is 3. The summed E-state index contributed by atoms with van der Waals surface area (Å²) in [4.78, 5) is 18.9. The lowest BCUT2D eigenvalue weighted by Crippen LogP contribution is -2.57. The van der Waals surface area contributed by atoms with Gasteiger partial charge in [-0.25, -0.2) is 23.1 Å². The third-order valence-corrected chi connectivity index (χ3v) is 9.13. The molecule has 1 aromatic carbocycles. The van der Waals surface area contributed by atoms with E-state index >= 15 is 0 Å². The zero-order valence-electron chi connectivity index (χ0n) is 20.5. The number of anilines is 2. The molecule has 17 heteroatoms. The van der Waals surface area contributed by atoms with E-state index in [0.29, 0.717) is 6.07 Å². The number of aromatic nitrogens is 1. The number of fused-ring (bicyclic) bond motifs is 1. The standard InChI is InChI=1S/C23H24ClF3N4O8S/c24-16-9-12(23(25,26)27)10-17(28-16)29-5-7-30(8-6-29)40(36,37)14-3-1-13(2-4-14)31-20-19(38-22(31)35)18(33)15(11-32)21(34)39-20/h1-4,9-10,15,18-21,32-34H,5-8,11H2/t15-,18-,19+,20-,21-/m0/s1. The number of aliphatic hydroxyl groups is 3. The summed E-state index contributed by atoms with van der Waals surface area (Å²) in [6.45, 7) is -0.522. The maximum Gasteiger partial charge on any atom is 0.417 e. The number of carbonyl (C=O) groups is 1. The molecule has 3 aliphatic rings. The molecule has 3 N–H and O–H groups in total. The summed E-state index contributed by atoms with van der Waals surface area (Å²) >= 11 is 5.77. The van der Waals surface area contributed by atoms with E-state index in [1.165, 1.54) is 33.5 Å². The third-order valence-electron chi connectivity index (χ3n) is 7.02. The number of benzene rings is 1. The Kier molecular flexibility index (Phi) is 7.62. The van der Waals surface area contributed by atoms with Crippen molar-refractivity contribution < 1.29 is 51.2 Å². The first-order chi connectivity index (χ1) is 18.8. The number of aliphatic hydroxyl groups excluding tert-OH is 3. The Balaban J connectivity index is 1.28. The van der Waals surface area contributed by atoms with Crippen LogP contribution < -0.4 is 9.80 Å². The summed E-state index contributed by atoms with van der Waals surface area (Å²) in [6.07, 6.45) is -10.9. The fourth-order valence-electron chi connectivity index (χ4n) is 4.86. The van der Waals surface area contributed by atoms with Crippen LogP contribution >= 0.6 is 11.6 Å². The Bertz CT molecular complexity index is 1380. The highest BCUT2D eigenvalue weighted by atomic mass is 35.5. The first-order valence-corrected chi connectivity index (χ1v) is 13.9. The molecule has 0 aliphatic carbocycles. The number of rotatable bonds is 5. The van der Waals surface area contributed by atoms with Gasteiger partial charge in [-0.2, -0.15) is 17.5 Å². The van der Waals surface area contributed by atoms with Gasteiger partial charge in [0, 0.05) is 31.9 Å². The monoisotopic (exact) mass is 608 g/mol. The van der Waals surface area contributed by atoms with Crippen molar-refractivity contribution in [3.63, 3.8) is 0 Å². The van der Waals surface area contributed by atoms with Gasteiger partial charge in [0.15, 0.2) is 18.6 Å². The molecule has 0 saturated carbocycles. The molecule has 40 heavy (non-hydrogen) atoms. The number of alkyl halides is 3. The lowest BCUT2D eigenvalue weighted by atomic mass is 9.94. The topological polar surface area (TPSA) is 153 Å². The number of piperazine rings is 1. The highest BCUT2D eigenvalue weighted by Crippen LogP contribution is 2.37. The van der Waals surface area contributed by atoms with Crippen molar-refractivity contribution in [2.24, 2.45) is 5.92 Å². The minimum absolute atomic E-state index is 0.0116. The van der Waals surface area contributed by atoms with Crippen LogP contribution in [-0.4, -0.2) is 96.6 Å². The van der Waals surface area contributed by atoms with E-state index < -0.39 is 65.1 Å².